The molecule has 3 aromatic rings. The third-order valence-corrected chi connectivity index (χ3v) is 5.69. The lowest BCUT2D eigenvalue weighted by molar-refractivity contribution is 0.242. The predicted octanol–water partition coefficient (Wildman–Crippen LogP) is 3.53. The van der Waals surface area contributed by atoms with E-state index in [1.54, 1.807) is 26.0 Å². The van der Waals surface area contributed by atoms with Gasteiger partial charge in [-0.3, -0.25) is 9.47 Å². The summed E-state index contributed by atoms with van der Waals surface area (Å²) in [6.07, 6.45) is 0.943. The minimum atomic E-state index is 0.761. The molecule has 4 rings (SSSR count). The van der Waals surface area contributed by atoms with E-state index in [0.29, 0.717) is 0 Å². The second kappa shape index (κ2) is 8.02. The molecule has 0 N–H and O–H groups in total. The molecule has 2 heterocycles. The number of hydrogen-bond donors (Lipinski definition) is 0. The van der Waals surface area contributed by atoms with Crippen LogP contribution in [0.2, 0.25) is 0 Å². The van der Waals surface area contributed by atoms with Gasteiger partial charge in [-0.15, -0.1) is 10.2 Å². The summed E-state index contributed by atoms with van der Waals surface area (Å²) in [5.74, 6) is 3.38. The van der Waals surface area contributed by atoms with Crippen LogP contribution in [0.15, 0.2) is 53.7 Å². The minimum Gasteiger partial charge on any atom is -0.493 e. The van der Waals surface area contributed by atoms with Crippen molar-refractivity contribution in [3.63, 3.8) is 0 Å². The van der Waals surface area contributed by atoms with Crippen molar-refractivity contribution < 1.29 is 9.47 Å². The Morgan fingerprint density at radius 1 is 1.00 bits per heavy atom. The molecule has 0 bridgehead atoms. The number of aromatic nitrogens is 3. The maximum Gasteiger partial charge on any atom is 0.193 e. The zero-order chi connectivity index (χ0) is 18.6. The number of methoxy groups -OCH3 is 2. The molecule has 1 aliphatic rings. The highest BCUT2D eigenvalue weighted by atomic mass is 32.2. The quantitative estimate of drug-likeness (QED) is 0.650. The molecule has 140 valence electrons. The van der Waals surface area contributed by atoms with E-state index in [2.05, 4.69) is 43.9 Å². The van der Waals surface area contributed by atoms with Crippen LogP contribution in [0.4, 0.5) is 0 Å². The van der Waals surface area contributed by atoms with Crippen molar-refractivity contribution in [2.45, 2.75) is 18.2 Å². The van der Waals surface area contributed by atoms with Gasteiger partial charge in [0.25, 0.3) is 0 Å². The Morgan fingerprint density at radius 3 is 2.59 bits per heavy atom. The van der Waals surface area contributed by atoms with Crippen LogP contribution in [0.25, 0.3) is 11.4 Å². The van der Waals surface area contributed by atoms with Crippen molar-refractivity contribution >= 4 is 11.8 Å². The maximum atomic E-state index is 5.41. The first-order valence-electron chi connectivity index (χ1n) is 8.83. The number of rotatable bonds is 6. The summed E-state index contributed by atoms with van der Waals surface area (Å²) < 4.78 is 12.9. The molecule has 0 aliphatic carbocycles. The van der Waals surface area contributed by atoms with Crippen LogP contribution in [0, 0.1) is 0 Å². The monoisotopic (exact) mass is 382 g/mol. The van der Waals surface area contributed by atoms with Gasteiger partial charge in [-0.25, -0.2) is 0 Å². The molecule has 1 aliphatic heterocycles. The van der Waals surface area contributed by atoms with Crippen LogP contribution in [0.1, 0.15) is 5.56 Å². The fourth-order valence-corrected chi connectivity index (χ4v) is 4.08. The molecule has 2 aromatic carbocycles. The Morgan fingerprint density at radius 2 is 1.81 bits per heavy atom. The molecule has 0 unspecified atom stereocenters. The van der Waals surface area contributed by atoms with Crippen LogP contribution >= 0.6 is 11.8 Å². The third kappa shape index (κ3) is 3.79. The highest BCUT2D eigenvalue weighted by Gasteiger charge is 2.22. The normalized spacial score (nSPS) is 14.0. The highest BCUT2D eigenvalue weighted by Crippen LogP contribution is 2.30. The first-order chi connectivity index (χ1) is 13.3. The Bertz CT molecular complexity index is 914. The van der Waals surface area contributed by atoms with E-state index in [-0.39, 0.29) is 0 Å². The zero-order valence-corrected chi connectivity index (χ0v) is 16.3. The van der Waals surface area contributed by atoms with Gasteiger partial charge in [-0.1, -0.05) is 48.2 Å². The van der Waals surface area contributed by atoms with Crippen molar-refractivity contribution in [1.82, 2.24) is 19.7 Å². The van der Waals surface area contributed by atoms with Gasteiger partial charge in [-0.2, -0.15) is 0 Å². The van der Waals surface area contributed by atoms with Gasteiger partial charge in [-0.05, 0) is 24.1 Å². The molecule has 0 radical (unpaired) electrons. The highest BCUT2D eigenvalue weighted by molar-refractivity contribution is 7.99. The fraction of sp³-hybridized carbons (Fsp3) is 0.300. The van der Waals surface area contributed by atoms with E-state index in [0.717, 1.165) is 53.6 Å². The van der Waals surface area contributed by atoms with Crippen LogP contribution in [-0.4, -0.2) is 46.3 Å². The standard InChI is InChI=1S/C20H22N4O2S/c1-25-17-9-8-15(12-18(17)26-2)10-11-23-13-24-19(16-6-4-3-5-7-16)21-22-20(24)27-14-23/h3-9,12H,10-11,13-14H2,1-2H3. The summed E-state index contributed by atoms with van der Waals surface area (Å²) in [7, 11) is 3.32. The van der Waals surface area contributed by atoms with Crippen LogP contribution < -0.4 is 9.47 Å². The number of hydrogen-bond acceptors (Lipinski definition) is 6. The van der Waals surface area contributed by atoms with E-state index in [4.69, 9.17) is 9.47 Å². The molecular weight excluding hydrogens is 360 g/mol. The molecular formula is C20H22N4O2S. The summed E-state index contributed by atoms with van der Waals surface area (Å²) in [6, 6.07) is 16.3. The van der Waals surface area contributed by atoms with Crippen LogP contribution in [0.3, 0.4) is 0 Å². The number of benzene rings is 2. The summed E-state index contributed by atoms with van der Waals surface area (Å²) in [6.45, 7) is 1.75. The average molecular weight is 382 g/mol. The molecule has 6 nitrogen and oxygen atoms in total. The van der Waals surface area contributed by atoms with Crippen molar-refractivity contribution in [2.24, 2.45) is 0 Å². The van der Waals surface area contributed by atoms with Crippen molar-refractivity contribution in [2.75, 3.05) is 26.6 Å². The van der Waals surface area contributed by atoms with Gasteiger partial charge in [0.05, 0.1) is 26.8 Å². The molecule has 0 fully saturated rings. The molecule has 27 heavy (non-hydrogen) atoms. The number of ether oxygens (including phenoxy) is 2. The Balaban J connectivity index is 1.45. The van der Waals surface area contributed by atoms with Crippen LogP contribution in [-0.2, 0) is 13.1 Å². The van der Waals surface area contributed by atoms with Gasteiger partial charge >= 0.3 is 0 Å². The molecule has 1 aromatic heterocycles. The van der Waals surface area contributed by atoms with E-state index >= 15 is 0 Å². The summed E-state index contributed by atoms with van der Waals surface area (Å²) in [5.41, 5.74) is 2.33. The SMILES string of the molecule is COc1ccc(CCN2CSc3nnc(-c4ccccc4)n3C2)cc1OC. The smallest absolute Gasteiger partial charge is 0.193 e. The summed E-state index contributed by atoms with van der Waals surface area (Å²) >= 11 is 1.73. The fourth-order valence-electron chi connectivity index (χ4n) is 3.17. The number of fused-ring (bicyclic) bond motifs is 1. The van der Waals surface area contributed by atoms with Crippen molar-refractivity contribution in [1.29, 1.82) is 0 Å². The van der Waals surface area contributed by atoms with Gasteiger partial charge in [0, 0.05) is 12.1 Å². The molecule has 0 amide bonds. The van der Waals surface area contributed by atoms with E-state index in [9.17, 15) is 0 Å². The van der Waals surface area contributed by atoms with Crippen molar-refractivity contribution in [3.8, 4) is 22.9 Å². The maximum absolute atomic E-state index is 5.41. The largest absolute Gasteiger partial charge is 0.493 e. The van der Waals surface area contributed by atoms with E-state index in [1.165, 1.54) is 5.56 Å². The second-order valence-electron chi connectivity index (χ2n) is 6.35. The second-order valence-corrected chi connectivity index (χ2v) is 7.26. The van der Waals surface area contributed by atoms with Crippen LogP contribution in [0.5, 0.6) is 11.5 Å². The first-order valence-corrected chi connectivity index (χ1v) is 9.81. The zero-order valence-electron chi connectivity index (χ0n) is 15.5. The Labute approximate surface area is 163 Å². The lowest BCUT2D eigenvalue weighted by Gasteiger charge is -2.27. The topological polar surface area (TPSA) is 52.4 Å². The molecule has 0 spiro atoms. The van der Waals surface area contributed by atoms with Gasteiger partial charge < -0.3 is 9.47 Å². The lowest BCUT2D eigenvalue weighted by Crippen LogP contribution is -2.32. The van der Waals surface area contributed by atoms with Gasteiger partial charge in [0.15, 0.2) is 22.5 Å². The Kier molecular flexibility index (Phi) is 5.31. The van der Waals surface area contributed by atoms with Gasteiger partial charge in [0.2, 0.25) is 0 Å². The average Bonchev–Trinajstić information content (AvgIpc) is 3.16. The summed E-state index contributed by atoms with van der Waals surface area (Å²) in [4.78, 5) is 2.41. The first kappa shape index (κ1) is 17.9. The third-order valence-electron chi connectivity index (χ3n) is 4.63. The number of nitrogens with zero attached hydrogens (tertiary/aromatic N) is 4. The van der Waals surface area contributed by atoms with Gasteiger partial charge in [0.1, 0.15) is 0 Å². The lowest BCUT2D eigenvalue weighted by atomic mass is 10.1. The Hall–Kier alpha value is -2.51. The predicted molar refractivity (Wildman–Crippen MR) is 106 cm³/mol. The summed E-state index contributed by atoms with van der Waals surface area (Å²) in [5, 5.41) is 9.73. The minimum absolute atomic E-state index is 0.761. The van der Waals surface area contributed by atoms with E-state index in [1.807, 2.05) is 24.3 Å². The number of thioether (sulfide) groups is 1. The molecule has 0 saturated heterocycles. The molecule has 0 saturated carbocycles. The molecule has 0 atom stereocenters. The van der Waals surface area contributed by atoms with E-state index < -0.39 is 0 Å². The van der Waals surface area contributed by atoms with Crippen molar-refractivity contribution in [3.05, 3.63) is 54.1 Å². The molecule has 7 heteroatoms.